The Labute approximate surface area is 154 Å². The van der Waals surface area contributed by atoms with E-state index in [0.29, 0.717) is 11.8 Å². The van der Waals surface area contributed by atoms with Crippen LogP contribution in [0.25, 0.3) is 11.0 Å². The molecule has 140 valence electrons. The molecule has 26 heavy (non-hydrogen) atoms. The molecule has 0 bridgehead atoms. The van der Waals surface area contributed by atoms with E-state index in [1.54, 1.807) is 0 Å². The van der Waals surface area contributed by atoms with E-state index in [1.165, 1.54) is 38.5 Å². The van der Waals surface area contributed by atoms with Crippen molar-refractivity contribution < 1.29 is 5.11 Å². The fourth-order valence-corrected chi connectivity index (χ4v) is 5.39. The molecule has 2 aromatic rings. The van der Waals surface area contributed by atoms with Gasteiger partial charge in [-0.15, -0.1) is 0 Å². The summed E-state index contributed by atoms with van der Waals surface area (Å²) in [5.74, 6) is 2.89. The molecule has 0 amide bonds. The highest BCUT2D eigenvalue weighted by atomic mass is 16.3. The molecule has 6 heteroatoms. The van der Waals surface area contributed by atoms with Crippen molar-refractivity contribution in [2.45, 2.75) is 69.3 Å². The highest BCUT2D eigenvalue weighted by Crippen LogP contribution is 2.42. The molecule has 2 aromatic heterocycles. The summed E-state index contributed by atoms with van der Waals surface area (Å²) in [4.78, 5) is 12.3. The molecule has 5 rings (SSSR count). The number of aromatic nitrogens is 4. The van der Waals surface area contributed by atoms with Crippen LogP contribution in [-0.4, -0.2) is 43.5 Å². The third-order valence-corrected chi connectivity index (χ3v) is 7.04. The Kier molecular flexibility index (Phi) is 3.92. The number of piperidine rings is 1. The number of rotatable bonds is 2. The molecular weight excluding hydrogens is 326 g/mol. The first-order valence-corrected chi connectivity index (χ1v) is 10.3. The van der Waals surface area contributed by atoms with Crippen LogP contribution in [0.2, 0.25) is 0 Å². The molecule has 2 aliphatic carbocycles. The summed E-state index contributed by atoms with van der Waals surface area (Å²) in [7, 11) is 1.97. The van der Waals surface area contributed by atoms with E-state index in [9.17, 15) is 5.11 Å². The topological polar surface area (TPSA) is 67.1 Å². The van der Waals surface area contributed by atoms with E-state index < -0.39 is 5.60 Å². The van der Waals surface area contributed by atoms with Crippen molar-refractivity contribution in [2.24, 2.45) is 13.0 Å². The Hall–Kier alpha value is -1.69. The Bertz CT molecular complexity index is 812. The third kappa shape index (κ3) is 2.61. The zero-order valence-corrected chi connectivity index (χ0v) is 15.7. The number of nitrogens with zero attached hydrogens (tertiary/aromatic N) is 5. The van der Waals surface area contributed by atoms with Gasteiger partial charge in [-0.1, -0.05) is 25.7 Å². The molecule has 2 saturated carbocycles. The predicted octanol–water partition coefficient (Wildman–Crippen LogP) is 3.15. The minimum atomic E-state index is -0.454. The molecule has 0 radical (unpaired) electrons. The molecule has 3 aliphatic rings. The van der Waals surface area contributed by atoms with Crippen LogP contribution in [0.3, 0.4) is 0 Å². The van der Waals surface area contributed by atoms with Gasteiger partial charge in [-0.3, -0.25) is 4.68 Å². The lowest BCUT2D eigenvalue weighted by atomic mass is 9.71. The molecule has 6 nitrogen and oxygen atoms in total. The maximum absolute atomic E-state index is 11.0. The summed E-state index contributed by atoms with van der Waals surface area (Å²) in [5, 5.41) is 16.5. The highest BCUT2D eigenvalue weighted by molar-refractivity contribution is 5.87. The van der Waals surface area contributed by atoms with Crippen molar-refractivity contribution in [1.82, 2.24) is 19.7 Å². The zero-order valence-electron chi connectivity index (χ0n) is 15.7. The number of hydrogen-bond donors (Lipinski definition) is 1. The van der Waals surface area contributed by atoms with E-state index in [2.05, 4.69) is 10.00 Å². The van der Waals surface area contributed by atoms with E-state index >= 15 is 0 Å². The predicted molar refractivity (Wildman–Crippen MR) is 101 cm³/mol. The fraction of sp³-hybridized carbons (Fsp3) is 0.750. The molecule has 3 heterocycles. The van der Waals surface area contributed by atoms with Gasteiger partial charge >= 0.3 is 0 Å². The summed E-state index contributed by atoms with van der Waals surface area (Å²) in [6.45, 7) is 1.78. The highest BCUT2D eigenvalue weighted by Gasteiger charge is 2.43. The van der Waals surface area contributed by atoms with Gasteiger partial charge < -0.3 is 10.0 Å². The molecule has 0 aromatic carbocycles. The molecule has 2 atom stereocenters. The van der Waals surface area contributed by atoms with E-state index in [4.69, 9.17) is 9.97 Å². The van der Waals surface area contributed by atoms with Crippen LogP contribution >= 0.6 is 0 Å². The van der Waals surface area contributed by atoms with Gasteiger partial charge in [0.05, 0.1) is 17.2 Å². The lowest BCUT2D eigenvalue weighted by Crippen LogP contribution is -2.53. The van der Waals surface area contributed by atoms with Crippen molar-refractivity contribution >= 4 is 16.9 Å². The Morgan fingerprint density at radius 2 is 1.88 bits per heavy atom. The van der Waals surface area contributed by atoms with E-state index in [0.717, 1.165) is 55.0 Å². The number of fused-ring (bicyclic) bond motifs is 2. The van der Waals surface area contributed by atoms with Crippen molar-refractivity contribution in [3.8, 4) is 0 Å². The second-order valence-corrected chi connectivity index (χ2v) is 8.63. The Morgan fingerprint density at radius 3 is 2.73 bits per heavy atom. The maximum atomic E-state index is 11.0. The second kappa shape index (κ2) is 6.19. The maximum Gasteiger partial charge on any atom is 0.163 e. The van der Waals surface area contributed by atoms with Crippen molar-refractivity contribution in [3.63, 3.8) is 0 Å². The lowest BCUT2D eigenvalue weighted by molar-refractivity contribution is -0.0613. The van der Waals surface area contributed by atoms with Crippen LogP contribution in [-0.2, 0) is 7.05 Å². The van der Waals surface area contributed by atoms with Gasteiger partial charge in [0.1, 0.15) is 11.6 Å². The standard InChI is InChI=1S/C20H29N5O/c1-24-18-16(12-21-24)19(23-17(22-18)14-6-2-3-7-14)25-11-10-20(26)9-5-4-8-15(20)13-25/h12,14-15,26H,2-11,13H2,1H3/t15-,20-/m0/s1. The number of aliphatic hydroxyl groups is 1. The van der Waals surface area contributed by atoms with Gasteiger partial charge in [0.25, 0.3) is 0 Å². The minimum absolute atomic E-state index is 0.363. The normalized spacial score (nSPS) is 30.1. The first kappa shape index (κ1) is 16.5. The minimum Gasteiger partial charge on any atom is -0.389 e. The smallest absolute Gasteiger partial charge is 0.163 e. The Morgan fingerprint density at radius 1 is 1.08 bits per heavy atom. The lowest BCUT2D eigenvalue weighted by Gasteiger charge is -2.47. The van der Waals surface area contributed by atoms with Gasteiger partial charge in [-0.05, 0) is 32.1 Å². The quantitative estimate of drug-likeness (QED) is 0.896. The van der Waals surface area contributed by atoms with Crippen molar-refractivity contribution in [2.75, 3.05) is 18.0 Å². The van der Waals surface area contributed by atoms with Crippen LogP contribution in [0.1, 0.15) is 69.5 Å². The first-order chi connectivity index (χ1) is 12.6. The van der Waals surface area contributed by atoms with Crippen LogP contribution < -0.4 is 4.90 Å². The average molecular weight is 355 g/mol. The SMILES string of the molecule is Cn1ncc2c(N3CC[C@@]4(O)CCCC[C@H]4C3)nc(C3CCCC3)nc21. The molecule has 1 saturated heterocycles. The second-order valence-electron chi connectivity index (χ2n) is 8.63. The van der Waals surface area contributed by atoms with Crippen LogP contribution in [0.15, 0.2) is 6.20 Å². The molecule has 0 unspecified atom stereocenters. The summed E-state index contributed by atoms with van der Waals surface area (Å²) in [6, 6.07) is 0. The van der Waals surface area contributed by atoms with E-state index in [1.807, 2.05) is 17.9 Å². The van der Waals surface area contributed by atoms with Gasteiger partial charge in [0.2, 0.25) is 0 Å². The van der Waals surface area contributed by atoms with Crippen LogP contribution in [0.5, 0.6) is 0 Å². The van der Waals surface area contributed by atoms with Crippen LogP contribution in [0.4, 0.5) is 5.82 Å². The van der Waals surface area contributed by atoms with Crippen molar-refractivity contribution in [1.29, 1.82) is 0 Å². The summed E-state index contributed by atoms with van der Waals surface area (Å²) in [5.41, 5.74) is 0.491. The van der Waals surface area contributed by atoms with Crippen LogP contribution in [0, 0.1) is 5.92 Å². The Balaban J connectivity index is 1.53. The third-order valence-electron chi connectivity index (χ3n) is 7.04. The summed E-state index contributed by atoms with van der Waals surface area (Å²) < 4.78 is 1.87. The number of aryl methyl sites for hydroxylation is 1. The van der Waals surface area contributed by atoms with Gasteiger partial charge in [-0.25, -0.2) is 9.97 Å². The molecule has 0 spiro atoms. The zero-order chi connectivity index (χ0) is 17.7. The summed E-state index contributed by atoms with van der Waals surface area (Å²) >= 11 is 0. The molecule has 1 N–H and O–H groups in total. The van der Waals surface area contributed by atoms with E-state index in [-0.39, 0.29) is 0 Å². The number of hydrogen-bond acceptors (Lipinski definition) is 5. The molecular formula is C20H29N5O. The van der Waals surface area contributed by atoms with Crippen molar-refractivity contribution in [3.05, 3.63) is 12.0 Å². The average Bonchev–Trinajstić information content (AvgIpc) is 3.31. The summed E-state index contributed by atoms with van der Waals surface area (Å²) in [6.07, 6.45) is 12.2. The monoisotopic (exact) mass is 355 g/mol. The number of anilines is 1. The van der Waals surface area contributed by atoms with Gasteiger partial charge in [-0.2, -0.15) is 5.10 Å². The van der Waals surface area contributed by atoms with Gasteiger partial charge in [0, 0.05) is 32.0 Å². The first-order valence-electron chi connectivity index (χ1n) is 10.3. The fourth-order valence-electron chi connectivity index (χ4n) is 5.39. The largest absolute Gasteiger partial charge is 0.389 e. The van der Waals surface area contributed by atoms with Gasteiger partial charge in [0.15, 0.2) is 5.65 Å². The molecule has 1 aliphatic heterocycles. The molecule has 3 fully saturated rings.